The van der Waals surface area contributed by atoms with E-state index in [0.29, 0.717) is 0 Å². The van der Waals surface area contributed by atoms with E-state index < -0.39 is 5.54 Å². The standard InChI is InChI=1S/C20H20BrNO/c1-13-5-7-15(8-6-13)18-17(14-9-11-16(21)12-10-14)19(23)20(2,3)22(18)4/h5-12H,1-4H3. The molecule has 3 rings (SSSR count). The smallest absolute Gasteiger partial charge is 0.190 e. The molecule has 1 aliphatic heterocycles. The number of carbonyl (C=O) groups excluding carboxylic acids is 1. The molecule has 0 fully saturated rings. The molecular weight excluding hydrogens is 350 g/mol. The first kappa shape index (κ1) is 16.0. The fourth-order valence-electron chi connectivity index (χ4n) is 2.95. The molecule has 0 amide bonds. The normalized spacial score (nSPS) is 17.1. The average molecular weight is 370 g/mol. The Hall–Kier alpha value is -1.87. The molecule has 0 bridgehead atoms. The summed E-state index contributed by atoms with van der Waals surface area (Å²) in [5.74, 6) is 0.165. The first-order valence-corrected chi connectivity index (χ1v) is 8.47. The van der Waals surface area contributed by atoms with Crippen LogP contribution in [0.2, 0.25) is 0 Å². The lowest BCUT2D eigenvalue weighted by atomic mass is 9.92. The van der Waals surface area contributed by atoms with Crippen LogP contribution in [0.25, 0.3) is 11.3 Å². The summed E-state index contributed by atoms with van der Waals surface area (Å²) in [7, 11) is 2.00. The second-order valence-electron chi connectivity index (χ2n) is 6.54. The van der Waals surface area contributed by atoms with Gasteiger partial charge in [0.15, 0.2) is 5.78 Å². The van der Waals surface area contributed by atoms with Crippen LogP contribution < -0.4 is 0 Å². The molecular formula is C20H20BrNO. The first-order chi connectivity index (χ1) is 10.8. The van der Waals surface area contributed by atoms with Crippen molar-refractivity contribution >= 4 is 33.0 Å². The third kappa shape index (κ3) is 2.63. The number of halogens is 1. The van der Waals surface area contributed by atoms with Crippen molar-refractivity contribution < 1.29 is 4.79 Å². The van der Waals surface area contributed by atoms with Gasteiger partial charge in [-0.15, -0.1) is 0 Å². The second kappa shape index (κ2) is 5.64. The maximum absolute atomic E-state index is 13.1. The lowest BCUT2D eigenvalue weighted by Gasteiger charge is -2.30. The van der Waals surface area contributed by atoms with E-state index in [2.05, 4.69) is 52.0 Å². The molecule has 0 atom stereocenters. The topological polar surface area (TPSA) is 20.3 Å². The molecule has 0 saturated heterocycles. The number of aryl methyl sites for hydroxylation is 1. The molecule has 0 aliphatic carbocycles. The number of Topliss-reactive ketones (excluding diaryl/α,β-unsaturated/α-hetero) is 1. The van der Waals surface area contributed by atoms with Crippen LogP contribution in [0.5, 0.6) is 0 Å². The molecule has 0 N–H and O–H groups in total. The number of hydrogen-bond donors (Lipinski definition) is 0. The van der Waals surface area contributed by atoms with Gasteiger partial charge in [-0.25, -0.2) is 0 Å². The highest BCUT2D eigenvalue weighted by molar-refractivity contribution is 9.10. The van der Waals surface area contributed by atoms with Crippen LogP contribution in [0.4, 0.5) is 0 Å². The molecule has 1 aliphatic rings. The Bertz CT molecular complexity index is 785. The van der Waals surface area contributed by atoms with Crippen molar-refractivity contribution in [3.63, 3.8) is 0 Å². The maximum atomic E-state index is 13.1. The van der Waals surface area contributed by atoms with Crippen molar-refractivity contribution in [1.82, 2.24) is 4.90 Å². The monoisotopic (exact) mass is 369 g/mol. The van der Waals surface area contributed by atoms with Crippen molar-refractivity contribution in [2.24, 2.45) is 0 Å². The zero-order valence-corrected chi connectivity index (χ0v) is 15.4. The van der Waals surface area contributed by atoms with Gasteiger partial charge in [0.1, 0.15) is 0 Å². The van der Waals surface area contributed by atoms with Crippen LogP contribution in [0.3, 0.4) is 0 Å². The van der Waals surface area contributed by atoms with Gasteiger partial charge >= 0.3 is 0 Å². The van der Waals surface area contributed by atoms with E-state index in [0.717, 1.165) is 26.9 Å². The second-order valence-corrected chi connectivity index (χ2v) is 7.46. The van der Waals surface area contributed by atoms with Gasteiger partial charge in [0, 0.05) is 11.5 Å². The third-order valence-electron chi connectivity index (χ3n) is 4.65. The summed E-state index contributed by atoms with van der Waals surface area (Å²) in [5, 5.41) is 0. The van der Waals surface area contributed by atoms with Crippen LogP contribution in [0.1, 0.15) is 30.5 Å². The van der Waals surface area contributed by atoms with Crippen LogP contribution in [0, 0.1) is 6.92 Å². The molecule has 0 radical (unpaired) electrons. The summed E-state index contributed by atoms with van der Waals surface area (Å²) in [4.78, 5) is 15.2. The number of carbonyl (C=O) groups is 1. The number of benzene rings is 2. The molecule has 23 heavy (non-hydrogen) atoms. The highest BCUT2D eigenvalue weighted by Gasteiger charge is 2.44. The van der Waals surface area contributed by atoms with E-state index in [-0.39, 0.29) is 5.78 Å². The van der Waals surface area contributed by atoms with Crippen molar-refractivity contribution in [2.75, 3.05) is 7.05 Å². The minimum absolute atomic E-state index is 0.165. The Labute approximate surface area is 146 Å². The molecule has 1 heterocycles. The van der Waals surface area contributed by atoms with Gasteiger partial charge in [0.25, 0.3) is 0 Å². The highest BCUT2D eigenvalue weighted by atomic mass is 79.9. The van der Waals surface area contributed by atoms with Gasteiger partial charge in [-0.1, -0.05) is 57.9 Å². The van der Waals surface area contributed by atoms with Crippen LogP contribution >= 0.6 is 15.9 Å². The molecule has 2 aromatic carbocycles. The third-order valence-corrected chi connectivity index (χ3v) is 5.18. The quantitative estimate of drug-likeness (QED) is 0.748. The number of hydrogen-bond acceptors (Lipinski definition) is 2. The fourth-order valence-corrected chi connectivity index (χ4v) is 3.21. The summed E-state index contributed by atoms with van der Waals surface area (Å²) in [6.45, 7) is 6.03. The predicted octanol–water partition coefficient (Wildman–Crippen LogP) is 4.92. The van der Waals surface area contributed by atoms with Gasteiger partial charge in [-0.2, -0.15) is 0 Å². The van der Waals surface area contributed by atoms with Crippen molar-refractivity contribution in [2.45, 2.75) is 26.3 Å². The van der Waals surface area contributed by atoms with E-state index in [1.54, 1.807) is 0 Å². The van der Waals surface area contributed by atoms with Crippen LogP contribution in [-0.4, -0.2) is 23.3 Å². The van der Waals surface area contributed by atoms with E-state index >= 15 is 0 Å². The molecule has 2 aromatic rings. The summed E-state index contributed by atoms with van der Waals surface area (Å²) in [6.07, 6.45) is 0. The van der Waals surface area contributed by atoms with E-state index in [1.165, 1.54) is 5.56 Å². The van der Waals surface area contributed by atoms with Crippen molar-refractivity contribution in [3.8, 4) is 0 Å². The maximum Gasteiger partial charge on any atom is 0.190 e. The molecule has 0 saturated carbocycles. The van der Waals surface area contributed by atoms with E-state index in [1.807, 2.05) is 45.2 Å². The van der Waals surface area contributed by atoms with Gasteiger partial charge in [0.05, 0.1) is 16.8 Å². The van der Waals surface area contributed by atoms with Gasteiger partial charge in [-0.05, 0) is 44.0 Å². The van der Waals surface area contributed by atoms with Crippen LogP contribution in [-0.2, 0) is 4.79 Å². The van der Waals surface area contributed by atoms with E-state index in [4.69, 9.17) is 0 Å². The zero-order valence-electron chi connectivity index (χ0n) is 13.9. The SMILES string of the molecule is Cc1ccc(C2=C(c3ccc(Br)cc3)C(=O)C(C)(C)N2C)cc1. The Balaban J connectivity index is 2.24. The number of rotatable bonds is 2. The van der Waals surface area contributed by atoms with Crippen molar-refractivity contribution in [3.05, 3.63) is 69.7 Å². The first-order valence-electron chi connectivity index (χ1n) is 7.68. The van der Waals surface area contributed by atoms with Crippen LogP contribution in [0.15, 0.2) is 53.0 Å². The number of nitrogens with zero attached hydrogens (tertiary/aromatic N) is 1. The zero-order chi connectivity index (χ0) is 16.8. The highest BCUT2D eigenvalue weighted by Crippen LogP contribution is 2.42. The molecule has 0 spiro atoms. The summed E-state index contributed by atoms with van der Waals surface area (Å²) in [5.41, 5.74) is 4.52. The molecule has 118 valence electrons. The van der Waals surface area contributed by atoms with Crippen molar-refractivity contribution in [1.29, 1.82) is 0 Å². The number of likely N-dealkylation sites (N-methyl/N-ethyl adjacent to an activating group) is 1. The predicted molar refractivity (Wildman–Crippen MR) is 99.0 cm³/mol. The Kier molecular flexibility index (Phi) is 3.93. The minimum atomic E-state index is -0.539. The summed E-state index contributed by atoms with van der Waals surface area (Å²) in [6, 6.07) is 16.3. The lowest BCUT2D eigenvalue weighted by Crippen LogP contribution is -2.41. The Morgan fingerprint density at radius 3 is 2.00 bits per heavy atom. The molecule has 3 heteroatoms. The van der Waals surface area contributed by atoms with Gasteiger partial charge < -0.3 is 4.90 Å². The van der Waals surface area contributed by atoms with Gasteiger partial charge in [-0.3, -0.25) is 4.79 Å². The van der Waals surface area contributed by atoms with Gasteiger partial charge in [0.2, 0.25) is 0 Å². The fraction of sp³-hybridized carbons (Fsp3) is 0.250. The summed E-state index contributed by atoms with van der Waals surface area (Å²) >= 11 is 3.46. The van der Waals surface area contributed by atoms with E-state index in [9.17, 15) is 4.79 Å². The molecule has 0 aromatic heterocycles. The lowest BCUT2D eigenvalue weighted by molar-refractivity contribution is -0.119. The summed E-state index contributed by atoms with van der Waals surface area (Å²) < 4.78 is 1.01. The Morgan fingerprint density at radius 2 is 1.43 bits per heavy atom. The average Bonchev–Trinajstić information content (AvgIpc) is 2.70. The minimum Gasteiger partial charge on any atom is -0.361 e. The molecule has 2 nitrogen and oxygen atoms in total. The largest absolute Gasteiger partial charge is 0.361 e. The molecule has 0 unspecified atom stereocenters. The Morgan fingerprint density at radius 1 is 0.913 bits per heavy atom. The number of ketones is 1.